The summed E-state index contributed by atoms with van der Waals surface area (Å²) in [6, 6.07) is 6.77. The van der Waals surface area contributed by atoms with Gasteiger partial charge in [0.2, 0.25) is 5.91 Å². The number of hydrogen-bond acceptors (Lipinski definition) is 3. The largest absolute Gasteiger partial charge is 0.478 e. The molecule has 0 radical (unpaired) electrons. The van der Waals surface area contributed by atoms with E-state index in [-0.39, 0.29) is 11.5 Å². The number of nitrogens with zero attached hydrogens (tertiary/aromatic N) is 2. The summed E-state index contributed by atoms with van der Waals surface area (Å²) in [4.78, 5) is 28.8. The van der Waals surface area contributed by atoms with Crippen LogP contribution in [0.5, 0.6) is 0 Å². The molecule has 96 valence electrons. The number of anilines is 1. The molecule has 1 saturated heterocycles. The summed E-state index contributed by atoms with van der Waals surface area (Å²) in [7, 11) is 0. The van der Waals surface area contributed by atoms with Gasteiger partial charge in [0.1, 0.15) is 0 Å². The smallest absolute Gasteiger partial charge is 0.336 e. The maximum atomic E-state index is 11.7. The Labute approximate surface area is 109 Å². The van der Waals surface area contributed by atoms with Crippen LogP contribution in [0.1, 0.15) is 23.2 Å². The highest BCUT2D eigenvalue weighted by atomic mass is 16.4. The van der Waals surface area contributed by atoms with Crippen LogP contribution in [0.25, 0.3) is 10.9 Å². The van der Waals surface area contributed by atoms with E-state index < -0.39 is 5.97 Å². The van der Waals surface area contributed by atoms with Crippen molar-refractivity contribution < 1.29 is 14.7 Å². The first kappa shape index (κ1) is 11.6. The Kier molecular flexibility index (Phi) is 2.67. The van der Waals surface area contributed by atoms with Crippen molar-refractivity contribution in [3.05, 3.63) is 36.0 Å². The van der Waals surface area contributed by atoms with Gasteiger partial charge < -0.3 is 10.0 Å². The second-order valence-corrected chi connectivity index (χ2v) is 4.51. The lowest BCUT2D eigenvalue weighted by atomic mass is 10.1. The highest BCUT2D eigenvalue weighted by Crippen LogP contribution is 2.26. The molecule has 0 unspecified atom stereocenters. The number of hydrogen-bond donors (Lipinski definition) is 1. The van der Waals surface area contributed by atoms with Crippen molar-refractivity contribution in [2.75, 3.05) is 11.4 Å². The first-order valence-electron chi connectivity index (χ1n) is 6.09. The molecule has 2 heterocycles. The molecule has 0 atom stereocenters. The molecule has 1 aliphatic rings. The van der Waals surface area contributed by atoms with Gasteiger partial charge in [-0.25, -0.2) is 4.79 Å². The van der Waals surface area contributed by atoms with Gasteiger partial charge in [-0.15, -0.1) is 0 Å². The van der Waals surface area contributed by atoms with Crippen LogP contribution in [0.15, 0.2) is 30.5 Å². The van der Waals surface area contributed by atoms with Crippen LogP contribution in [0.3, 0.4) is 0 Å². The fraction of sp³-hybridized carbons (Fsp3) is 0.214. The second-order valence-electron chi connectivity index (χ2n) is 4.51. The molecule has 1 amide bonds. The van der Waals surface area contributed by atoms with E-state index >= 15 is 0 Å². The topological polar surface area (TPSA) is 70.5 Å². The van der Waals surface area contributed by atoms with Crippen molar-refractivity contribution in [2.24, 2.45) is 0 Å². The highest BCUT2D eigenvalue weighted by molar-refractivity contribution is 6.04. The third-order valence-corrected chi connectivity index (χ3v) is 3.34. The van der Waals surface area contributed by atoms with E-state index in [4.69, 9.17) is 0 Å². The SMILES string of the molecule is O=C(O)c1ccnc2ccc(N3CCCC3=O)cc12. The monoisotopic (exact) mass is 256 g/mol. The lowest BCUT2D eigenvalue weighted by molar-refractivity contribution is -0.117. The van der Waals surface area contributed by atoms with Crippen molar-refractivity contribution >= 4 is 28.5 Å². The van der Waals surface area contributed by atoms with Gasteiger partial charge in [0, 0.05) is 30.2 Å². The molecule has 0 spiro atoms. The minimum absolute atomic E-state index is 0.0834. The van der Waals surface area contributed by atoms with Crippen LogP contribution >= 0.6 is 0 Å². The summed E-state index contributed by atoms with van der Waals surface area (Å²) >= 11 is 0. The molecular formula is C14H12N2O3. The Balaban J connectivity index is 2.16. The van der Waals surface area contributed by atoms with E-state index in [2.05, 4.69) is 4.98 Å². The van der Waals surface area contributed by atoms with E-state index in [1.165, 1.54) is 12.3 Å². The molecule has 0 saturated carbocycles. The predicted octanol–water partition coefficient (Wildman–Crippen LogP) is 2.06. The van der Waals surface area contributed by atoms with Gasteiger partial charge in [-0.1, -0.05) is 0 Å². The summed E-state index contributed by atoms with van der Waals surface area (Å²) in [5.41, 5.74) is 1.57. The van der Waals surface area contributed by atoms with Crippen LogP contribution in [0, 0.1) is 0 Å². The molecule has 5 heteroatoms. The lowest BCUT2D eigenvalue weighted by Gasteiger charge is -2.16. The van der Waals surface area contributed by atoms with Crippen LogP contribution in [0.4, 0.5) is 5.69 Å². The van der Waals surface area contributed by atoms with Crippen molar-refractivity contribution in [3.8, 4) is 0 Å². The number of carboxylic acid groups (broad SMARTS) is 1. The summed E-state index contributed by atoms with van der Waals surface area (Å²) in [6.45, 7) is 0.688. The highest BCUT2D eigenvalue weighted by Gasteiger charge is 2.22. The molecule has 3 rings (SSSR count). The van der Waals surface area contributed by atoms with Gasteiger partial charge in [-0.05, 0) is 30.7 Å². The van der Waals surface area contributed by atoms with Crippen LogP contribution in [-0.4, -0.2) is 28.5 Å². The van der Waals surface area contributed by atoms with E-state index in [1.807, 2.05) is 6.07 Å². The average Bonchev–Trinajstić information content (AvgIpc) is 2.83. The third-order valence-electron chi connectivity index (χ3n) is 3.34. The van der Waals surface area contributed by atoms with E-state index in [1.54, 1.807) is 17.0 Å². The van der Waals surface area contributed by atoms with Gasteiger partial charge in [0.05, 0.1) is 11.1 Å². The molecule has 1 aromatic heterocycles. The molecular weight excluding hydrogens is 244 g/mol. The molecule has 1 aromatic carbocycles. The Morgan fingerprint density at radius 3 is 2.84 bits per heavy atom. The standard InChI is InChI=1S/C14H12N2O3/c17-13-2-1-7-16(13)9-3-4-12-11(8-9)10(14(18)19)5-6-15-12/h3-6,8H,1-2,7H2,(H,18,19). The molecule has 1 N–H and O–H groups in total. The number of pyridine rings is 1. The zero-order valence-electron chi connectivity index (χ0n) is 10.2. The van der Waals surface area contributed by atoms with Crippen molar-refractivity contribution in [2.45, 2.75) is 12.8 Å². The fourth-order valence-electron chi connectivity index (χ4n) is 2.41. The van der Waals surface area contributed by atoms with Gasteiger partial charge in [-0.2, -0.15) is 0 Å². The first-order valence-corrected chi connectivity index (χ1v) is 6.09. The van der Waals surface area contributed by atoms with Crippen LogP contribution in [-0.2, 0) is 4.79 Å². The van der Waals surface area contributed by atoms with Crippen molar-refractivity contribution in [1.82, 2.24) is 4.98 Å². The Morgan fingerprint density at radius 1 is 1.32 bits per heavy atom. The number of amides is 1. The number of aromatic nitrogens is 1. The summed E-state index contributed by atoms with van der Waals surface area (Å²) < 4.78 is 0. The predicted molar refractivity (Wildman–Crippen MR) is 70.3 cm³/mol. The quantitative estimate of drug-likeness (QED) is 0.892. The summed E-state index contributed by atoms with van der Waals surface area (Å²) in [5.74, 6) is -0.905. The summed E-state index contributed by atoms with van der Waals surface area (Å²) in [5, 5.41) is 9.74. The molecule has 2 aromatic rings. The Morgan fingerprint density at radius 2 is 2.16 bits per heavy atom. The summed E-state index contributed by atoms with van der Waals surface area (Å²) in [6.07, 6.45) is 2.87. The third kappa shape index (κ3) is 1.93. The van der Waals surface area contributed by atoms with Crippen molar-refractivity contribution in [1.29, 1.82) is 0 Å². The molecule has 0 bridgehead atoms. The lowest BCUT2D eigenvalue weighted by Crippen LogP contribution is -2.23. The zero-order chi connectivity index (χ0) is 13.4. The van der Waals surface area contributed by atoms with Gasteiger partial charge in [-0.3, -0.25) is 9.78 Å². The van der Waals surface area contributed by atoms with Crippen LogP contribution < -0.4 is 4.90 Å². The number of rotatable bonds is 2. The maximum Gasteiger partial charge on any atom is 0.336 e. The van der Waals surface area contributed by atoms with Crippen LogP contribution in [0.2, 0.25) is 0 Å². The van der Waals surface area contributed by atoms with Gasteiger partial charge in [0.15, 0.2) is 0 Å². The number of aromatic carboxylic acids is 1. The normalized spacial score (nSPS) is 15.2. The van der Waals surface area contributed by atoms with E-state index in [0.29, 0.717) is 23.9 Å². The minimum Gasteiger partial charge on any atom is -0.478 e. The Hall–Kier alpha value is -2.43. The first-order chi connectivity index (χ1) is 9.16. The number of carbonyl (C=O) groups is 2. The zero-order valence-corrected chi connectivity index (χ0v) is 10.2. The van der Waals surface area contributed by atoms with E-state index in [9.17, 15) is 14.7 Å². The Bertz CT molecular complexity index is 681. The molecule has 1 aliphatic heterocycles. The van der Waals surface area contributed by atoms with E-state index in [0.717, 1.165) is 12.1 Å². The van der Waals surface area contributed by atoms with Gasteiger partial charge >= 0.3 is 5.97 Å². The second kappa shape index (κ2) is 4.35. The number of carboxylic acids is 1. The number of fused-ring (bicyclic) bond motifs is 1. The molecule has 19 heavy (non-hydrogen) atoms. The number of carbonyl (C=O) groups excluding carboxylic acids is 1. The molecule has 0 aliphatic carbocycles. The molecule has 5 nitrogen and oxygen atoms in total. The molecule has 1 fully saturated rings. The van der Waals surface area contributed by atoms with Gasteiger partial charge in [0.25, 0.3) is 0 Å². The average molecular weight is 256 g/mol. The van der Waals surface area contributed by atoms with Crippen molar-refractivity contribution in [3.63, 3.8) is 0 Å². The number of benzene rings is 1. The maximum absolute atomic E-state index is 11.7. The minimum atomic E-state index is -0.989. The fourth-order valence-corrected chi connectivity index (χ4v) is 2.41.